The first-order valence-electron chi connectivity index (χ1n) is 2.25. The van der Waals surface area contributed by atoms with E-state index in [1.54, 1.807) is 0 Å². The molecule has 0 amide bonds. The summed E-state index contributed by atoms with van der Waals surface area (Å²) in [6, 6.07) is 0. The standard InChI is InChI=1S/C2F6INO2S.Li.H/c3-1(4,5)10(9)13(11,12)2(6,7)8;;. The summed E-state index contributed by atoms with van der Waals surface area (Å²) in [4.78, 5) is 0. The average Bonchev–Trinajstić information content (AvgIpc) is 1.81. The Bertz CT molecular complexity index is 283. The van der Waals surface area contributed by atoms with Crippen molar-refractivity contribution >= 4 is 51.7 Å². The molecule has 0 rings (SSSR count). The van der Waals surface area contributed by atoms with Crippen molar-refractivity contribution in [1.82, 2.24) is 2.52 Å². The van der Waals surface area contributed by atoms with Gasteiger partial charge in [-0.2, -0.15) is 26.3 Å². The van der Waals surface area contributed by atoms with Crippen LogP contribution in [-0.4, -0.2) is 41.6 Å². The van der Waals surface area contributed by atoms with E-state index in [-0.39, 0.29) is 41.7 Å². The summed E-state index contributed by atoms with van der Waals surface area (Å²) in [6.45, 7) is 0. The number of hydrogen-bond acceptors (Lipinski definition) is 2. The molecule has 0 saturated heterocycles. The number of hydrogen-bond donors (Lipinski definition) is 0. The molecule has 0 saturated carbocycles. The Hall–Kier alpha value is 0.817. The van der Waals surface area contributed by atoms with Gasteiger partial charge in [-0.3, -0.25) is 0 Å². The third-order valence-electron chi connectivity index (χ3n) is 0.703. The molecule has 0 bridgehead atoms. The number of rotatable bonds is 1. The molecule has 0 fully saturated rings. The van der Waals surface area contributed by atoms with E-state index in [9.17, 15) is 34.8 Å². The van der Waals surface area contributed by atoms with Crippen molar-refractivity contribution in [2.75, 3.05) is 0 Å². The Morgan fingerprint density at radius 1 is 1.00 bits per heavy atom. The Kier molecular flexibility index (Phi) is 5.87. The summed E-state index contributed by atoms with van der Waals surface area (Å²) < 4.78 is 87.4. The molecular formula is C2HF6ILiNO2S. The van der Waals surface area contributed by atoms with Gasteiger partial charge in [0.05, 0.1) is 0 Å². The molecule has 0 aliphatic rings. The fraction of sp³-hybridized carbons (Fsp3) is 1.00. The van der Waals surface area contributed by atoms with E-state index in [1.165, 1.54) is 0 Å². The molecule has 12 heteroatoms. The molecule has 0 aromatic heterocycles. The van der Waals surface area contributed by atoms with E-state index in [2.05, 4.69) is 0 Å². The van der Waals surface area contributed by atoms with Gasteiger partial charge in [0.2, 0.25) is 0 Å². The van der Waals surface area contributed by atoms with E-state index in [0.29, 0.717) is 0 Å². The fourth-order valence-electron chi connectivity index (χ4n) is 0.227. The molecule has 0 aliphatic carbocycles. The van der Waals surface area contributed by atoms with Crippen molar-refractivity contribution in [2.45, 2.75) is 11.8 Å². The Balaban J connectivity index is 0. The van der Waals surface area contributed by atoms with E-state index < -0.39 is 24.4 Å². The van der Waals surface area contributed by atoms with Crippen LogP contribution in [0.5, 0.6) is 0 Å². The van der Waals surface area contributed by atoms with Gasteiger partial charge in [0.15, 0.2) is 0 Å². The van der Waals surface area contributed by atoms with Crippen LogP contribution in [0.2, 0.25) is 0 Å². The second-order valence-corrected chi connectivity index (χ2v) is 5.03. The van der Waals surface area contributed by atoms with Crippen molar-refractivity contribution in [3.05, 3.63) is 0 Å². The summed E-state index contributed by atoms with van der Waals surface area (Å²) in [7, 11) is -6.34. The van der Waals surface area contributed by atoms with Crippen LogP contribution in [0.15, 0.2) is 0 Å². The van der Waals surface area contributed by atoms with Crippen LogP contribution >= 0.6 is 22.9 Å². The van der Waals surface area contributed by atoms with Gasteiger partial charge in [-0.05, 0) is 2.52 Å². The maximum atomic E-state index is 11.5. The van der Waals surface area contributed by atoms with Gasteiger partial charge >= 0.3 is 40.7 Å². The number of sulfonamides is 1. The van der Waals surface area contributed by atoms with E-state index in [4.69, 9.17) is 0 Å². The van der Waals surface area contributed by atoms with Crippen LogP contribution in [0.25, 0.3) is 0 Å². The average molecular weight is 351 g/mol. The molecule has 0 aliphatic heterocycles. The predicted octanol–water partition coefficient (Wildman–Crippen LogP) is 1.36. The quantitative estimate of drug-likeness (QED) is 0.235. The Labute approximate surface area is 101 Å². The molecule has 0 aromatic rings. The third kappa shape index (κ3) is 3.76. The molecule has 0 atom stereocenters. The topological polar surface area (TPSA) is 37.4 Å². The second-order valence-electron chi connectivity index (χ2n) is 1.63. The first-order chi connectivity index (χ1) is 5.40. The van der Waals surface area contributed by atoms with Gasteiger partial charge < -0.3 is 0 Å². The molecular weight excluding hydrogens is 350 g/mol. The van der Waals surface area contributed by atoms with Crippen LogP contribution < -0.4 is 0 Å². The van der Waals surface area contributed by atoms with Gasteiger partial charge in [-0.1, -0.05) is 0 Å². The minimum atomic E-state index is -6.34. The maximum absolute atomic E-state index is 11.5. The van der Waals surface area contributed by atoms with Crippen LogP contribution in [0.4, 0.5) is 26.3 Å². The number of alkyl halides is 6. The second kappa shape index (κ2) is 4.77. The normalized spacial score (nSPS) is 14.0. The number of nitrogens with zero attached hydrogens (tertiary/aromatic N) is 1. The minimum absolute atomic E-state index is 0. The molecule has 0 heterocycles. The van der Waals surface area contributed by atoms with Gasteiger partial charge in [-0.15, -0.1) is 0 Å². The molecule has 82 valence electrons. The fourth-order valence-corrected chi connectivity index (χ4v) is 1.35. The van der Waals surface area contributed by atoms with Crippen molar-refractivity contribution in [1.29, 1.82) is 0 Å². The van der Waals surface area contributed by atoms with E-state index >= 15 is 0 Å². The van der Waals surface area contributed by atoms with Crippen LogP contribution in [0.3, 0.4) is 0 Å². The summed E-state index contributed by atoms with van der Waals surface area (Å²) >= 11 is 0.0166. The Morgan fingerprint density at radius 3 is 1.36 bits per heavy atom. The summed E-state index contributed by atoms with van der Waals surface area (Å²) in [5, 5.41) is 0. The van der Waals surface area contributed by atoms with Crippen LogP contribution in [0, 0.1) is 0 Å². The summed E-state index contributed by atoms with van der Waals surface area (Å²) in [5.41, 5.74) is -5.95. The van der Waals surface area contributed by atoms with Crippen molar-refractivity contribution in [3.8, 4) is 0 Å². The molecule has 14 heavy (non-hydrogen) atoms. The number of halogens is 7. The van der Waals surface area contributed by atoms with E-state index in [1.807, 2.05) is 0 Å². The molecule has 0 spiro atoms. The van der Waals surface area contributed by atoms with Crippen molar-refractivity contribution < 1.29 is 34.8 Å². The van der Waals surface area contributed by atoms with Gasteiger partial charge in [0.25, 0.3) is 0 Å². The predicted molar refractivity (Wildman–Crippen MR) is 44.0 cm³/mol. The Morgan fingerprint density at radius 2 is 1.29 bits per heavy atom. The zero-order valence-electron chi connectivity index (χ0n) is 5.32. The monoisotopic (exact) mass is 351 g/mol. The third-order valence-corrected chi connectivity index (χ3v) is 4.02. The first-order valence-corrected chi connectivity index (χ1v) is 4.65. The molecule has 0 aromatic carbocycles. The zero-order chi connectivity index (χ0) is 11.1. The molecule has 0 unspecified atom stereocenters. The summed E-state index contributed by atoms with van der Waals surface area (Å²) in [6.07, 6.45) is -5.59. The van der Waals surface area contributed by atoms with Crippen LogP contribution in [-0.2, 0) is 10.0 Å². The first kappa shape index (κ1) is 17.2. The van der Waals surface area contributed by atoms with Crippen LogP contribution in [0.1, 0.15) is 0 Å². The van der Waals surface area contributed by atoms with E-state index in [0.717, 1.165) is 0 Å². The molecule has 0 radical (unpaired) electrons. The SMILES string of the molecule is O=S(=O)(N(I)C(F)(F)F)C(F)(F)F.[LiH]. The molecule has 0 N–H and O–H groups in total. The summed E-state index contributed by atoms with van der Waals surface area (Å²) in [5.74, 6) is 0. The zero-order valence-corrected chi connectivity index (χ0v) is 8.29. The van der Waals surface area contributed by atoms with Crippen molar-refractivity contribution in [3.63, 3.8) is 0 Å². The molecule has 3 nitrogen and oxygen atoms in total. The van der Waals surface area contributed by atoms with Gasteiger partial charge in [0, 0.05) is 22.9 Å². The van der Waals surface area contributed by atoms with Gasteiger partial charge in [0.1, 0.15) is 0 Å². The van der Waals surface area contributed by atoms with Gasteiger partial charge in [-0.25, -0.2) is 8.42 Å². The van der Waals surface area contributed by atoms with Crippen molar-refractivity contribution in [2.24, 2.45) is 0 Å².